The normalized spacial score (nSPS) is 22.5. The van der Waals surface area contributed by atoms with Crippen LogP contribution >= 0.6 is 0 Å². The van der Waals surface area contributed by atoms with Crippen LogP contribution in [0.15, 0.2) is 0 Å². The molecule has 1 aliphatic heterocycles. The van der Waals surface area contributed by atoms with Gasteiger partial charge in [-0.3, -0.25) is 0 Å². The van der Waals surface area contributed by atoms with Crippen LogP contribution < -0.4 is 0 Å². The third-order valence-corrected chi connectivity index (χ3v) is 8.67. The minimum atomic E-state index is -5.98. The van der Waals surface area contributed by atoms with Crippen molar-refractivity contribution in [3.05, 3.63) is 0 Å². The smallest absolute Gasteiger partial charge is 0.427 e. The summed E-state index contributed by atoms with van der Waals surface area (Å²) in [6.45, 7) is 7.61. The van der Waals surface area contributed by atoms with Crippen LogP contribution in [0.2, 0.25) is 18.1 Å². The van der Waals surface area contributed by atoms with Crippen molar-refractivity contribution in [3.63, 3.8) is 0 Å². The average Bonchev–Trinajstić information content (AvgIpc) is 2.75. The fourth-order valence-electron chi connectivity index (χ4n) is 1.48. The van der Waals surface area contributed by atoms with Crippen LogP contribution in [0.3, 0.4) is 0 Å². The molecule has 0 aromatic rings. The number of carbonyl (C=O) groups excluding carboxylic acids is 1. The molecular weight excluding hydrogens is 355 g/mol. The van der Waals surface area contributed by atoms with E-state index < -0.39 is 45.3 Å². The highest BCUT2D eigenvalue weighted by molar-refractivity contribution is 6.87. The molecule has 1 heterocycles. The first kappa shape index (κ1) is 20.7. The molecule has 0 aromatic carbocycles. The lowest BCUT2D eigenvalue weighted by atomic mass is 10.1. The SMILES string of the molecule is CC(C)(C)[Si](C)(C)C#CCOC1(C(F)(F)C(F)(F)F)COC(=O)O1. The first-order chi connectivity index (χ1) is 10.6. The molecule has 1 aliphatic rings. The van der Waals surface area contributed by atoms with Gasteiger partial charge in [0.1, 0.15) is 14.7 Å². The Kier molecular flexibility index (Phi) is 5.33. The second-order valence-corrected chi connectivity index (χ2v) is 11.9. The Labute approximate surface area is 137 Å². The summed E-state index contributed by atoms with van der Waals surface area (Å²) >= 11 is 0. The maximum Gasteiger partial charge on any atom is 0.511 e. The number of hydrogen-bond donors (Lipinski definition) is 0. The summed E-state index contributed by atoms with van der Waals surface area (Å²) in [6.07, 6.45) is -7.63. The Morgan fingerprint density at radius 3 is 2.12 bits per heavy atom. The topological polar surface area (TPSA) is 44.8 Å². The molecule has 0 radical (unpaired) electrons. The molecule has 10 heteroatoms. The zero-order valence-corrected chi connectivity index (χ0v) is 14.9. The quantitative estimate of drug-likeness (QED) is 0.323. The molecule has 1 rings (SSSR count). The number of rotatable bonds is 3. The molecule has 1 saturated heterocycles. The van der Waals surface area contributed by atoms with Gasteiger partial charge in [-0.05, 0) is 5.04 Å². The van der Waals surface area contributed by atoms with Gasteiger partial charge in [-0.1, -0.05) is 39.8 Å². The molecule has 0 aliphatic carbocycles. The highest BCUT2D eigenvalue weighted by atomic mass is 28.3. The van der Waals surface area contributed by atoms with Crippen molar-refractivity contribution in [2.45, 2.75) is 56.8 Å². The Balaban J connectivity index is 2.98. The van der Waals surface area contributed by atoms with E-state index in [9.17, 15) is 26.7 Å². The van der Waals surface area contributed by atoms with Gasteiger partial charge in [0, 0.05) is 0 Å². The summed E-state index contributed by atoms with van der Waals surface area (Å²) < 4.78 is 77.9. The maximum absolute atomic E-state index is 13.7. The Morgan fingerprint density at radius 1 is 1.21 bits per heavy atom. The first-order valence-electron chi connectivity index (χ1n) is 7.00. The van der Waals surface area contributed by atoms with E-state index in [0.29, 0.717) is 0 Å². The molecule has 1 atom stereocenters. The van der Waals surface area contributed by atoms with Gasteiger partial charge >= 0.3 is 24.0 Å². The highest BCUT2D eigenvalue weighted by Gasteiger charge is 2.76. The van der Waals surface area contributed by atoms with Gasteiger partial charge < -0.3 is 14.2 Å². The van der Waals surface area contributed by atoms with E-state index in [1.807, 2.05) is 33.9 Å². The van der Waals surface area contributed by atoms with Crippen molar-refractivity contribution < 1.29 is 41.0 Å². The molecule has 1 fully saturated rings. The van der Waals surface area contributed by atoms with E-state index in [1.165, 1.54) is 0 Å². The predicted octanol–water partition coefficient (Wildman–Crippen LogP) is 4.11. The summed E-state index contributed by atoms with van der Waals surface area (Å²) in [6, 6.07) is 0. The molecule has 4 nitrogen and oxygen atoms in total. The molecule has 0 spiro atoms. The predicted molar refractivity (Wildman–Crippen MR) is 77.1 cm³/mol. The third kappa shape index (κ3) is 3.83. The van der Waals surface area contributed by atoms with Crippen LogP contribution in [0.5, 0.6) is 0 Å². The van der Waals surface area contributed by atoms with E-state index in [0.717, 1.165) is 0 Å². The molecule has 138 valence electrons. The number of carbonyl (C=O) groups is 1. The van der Waals surface area contributed by atoms with Gasteiger partial charge in [0.2, 0.25) is 0 Å². The zero-order chi connectivity index (χ0) is 19.0. The van der Waals surface area contributed by atoms with Crippen LogP contribution in [0.25, 0.3) is 0 Å². The van der Waals surface area contributed by atoms with Gasteiger partial charge in [0.05, 0.1) is 0 Å². The van der Waals surface area contributed by atoms with Crippen molar-refractivity contribution >= 4 is 14.2 Å². The summed E-state index contributed by atoms with van der Waals surface area (Å²) in [5.74, 6) is -6.54. The van der Waals surface area contributed by atoms with Crippen molar-refractivity contribution in [1.29, 1.82) is 0 Å². The largest absolute Gasteiger partial charge is 0.511 e. The summed E-state index contributed by atoms with van der Waals surface area (Å²) in [5, 5.41) is -0.128. The van der Waals surface area contributed by atoms with E-state index in [4.69, 9.17) is 0 Å². The van der Waals surface area contributed by atoms with E-state index >= 15 is 0 Å². The van der Waals surface area contributed by atoms with Crippen LogP contribution in [-0.4, -0.2) is 45.3 Å². The lowest BCUT2D eigenvalue weighted by molar-refractivity contribution is -0.391. The highest BCUT2D eigenvalue weighted by Crippen LogP contribution is 2.48. The van der Waals surface area contributed by atoms with Gasteiger partial charge in [-0.2, -0.15) is 22.0 Å². The average molecular weight is 374 g/mol. The van der Waals surface area contributed by atoms with Crippen molar-refractivity contribution in [2.75, 3.05) is 13.2 Å². The van der Waals surface area contributed by atoms with Crippen LogP contribution in [-0.2, 0) is 14.2 Å². The minimum Gasteiger partial charge on any atom is -0.427 e. The molecule has 0 N–H and O–H groups in total. The zero-order valence-electron chi connectivity index (χ0n) is 13.9. The molecule has 0 bridgehead atoms. The summed E-state index contributed by atoms with van der Waals surface area (Å²) in [4.78, 5) is 10.9. The van der Waals surface area contributed by atoms with Gasteiger partial charge in [-0.15, -0.1) is 5.54 Å². The van der Waals surface area contributed by atoms with Gasteiger partial charge in [0.15, 0.2) is 6.61 Å². The second kappa shape index (κ2) is 6.18. The van der Waals surface area contributed by atoms with E-state index in [1.54, 1.807) is 0 Å². The Bertz CT molecular complexity index is 556. The number of cyclic esters (lactones) is 2. The van der Waals surface area contributed by atoms with Crippen molar-refractivity contribution in [3.8, 4) is 11.5 Å². The molecule has 1 unspecified atom stereocenters. The van der Waals surface area contributed by atoms with E-state index in [-0.39, 0.29) is 5.04 Å². The summed E-state index contributed by atoms with van der Waals surface area (Å²) in [5.41, 5.74) is 2.90. The lowest BCUT2D eigenvalue weighted by Crippen LogP contribution is -2.60. The van der Waals surface area contributed by atoms with Gasteiger partial charge in [0.25, 0.3) is 0 Å². The molecular formula is C14H19F5O4Si. The fraction of sp³-hybridized carbons (Fsp3) is 0.786. The second-order valence-electron chi connectivity index (χ2n) is 6.93. The Morgan fingerprint density at radius 2 is 1.75 bits per heavy atom. The number of alkyl halides is 5. The van der Waals surface area contributed by atoms with Gasteiger partial charge in [-0.25, -0.2) is 4.79 Å². The van der Waals surface area contributed by atoms with Crippen LogP contribution in [0.1, 0.15) is 20.8 Å². The van der Waals surface area contributed by atoms with E-state index in [2.05, 4.69) is 25.7 Å². The molecule has 24 heavy (non-hydrogen) atoms. The van der Waals surface area contributed by atoms with Crippen LogP contribution in [0, 0.1) is 11.5 Å². The third-order valence-electron chi connectivity index (χ3n) is 4.12. The summed E-state index contributed by atoms with van der Waals surface area (Å²) in [7, 11) is -2.09. The Hall–Kier alpha value is -1.34. The van der Waals surface area contributed by atoms with Crippen molar-refractivity contribution in [2.24, 2.45) is 0 Å². The van der Waals surface area contributed by atoms with Crippen LogP contribution in [0.4, 0.5) is 26.7 Å². The lowest BCUT2D eigenvalue weighted by Gasteiger charge is -2.33. The first-order valence-corrected chi connectivity index (χ1v) is 10.00. The molecule has 0 aromatic heterocycles. The number of ether oxygens (including phenoxy) is 3. The monoisotopic (exact) mass is 374 g/mol. The fourth-order valence-corrected chi connectivity index (χ4v) is 2.37. The number of halogens is 5. The number of hydrogen-bond acceptors (Lipinski definition) is 4. The molecule has 0 amide bonds. The minimum absolute atomic E-state index is 0.128. The molecule has 0 saturated carbocycles. The maximum atomic E-state index is 13.7. The van der Waals surface area contributed by atoms with Crippen molar-refractivity contribution in [1.82, 2.24) is 0 Å². The standard InChI is InChI=1S/C14H19F5O4Si/c1-11(2,3)24(4,5)8-6-7-22-12(9-21-10(20)23-12)13(15,16)14(17,18)19/h7,9H2,1-5H3.